The number of rotatable bonds is 5. The number of carbonyl (C=O) groups excluding carboxylic acids is 3. The van der Waals surface area contributed by atoms with Crippen molar-refractivity contribution < 1.29 is 19.1 Å². The van der Waals surface area contributed by atoms with E-state index in [9.17, 15) is 14.4 Å². The Balaban J connectivity index is 1.65. The van der Waals surface area contributed by atoms with E-state index in [1.165, 1.54) is 12.4 Å². The Labute approximate surface area is 166 Å². The number of ether oxygens (including phenoxy) is 1. The maximum atomic E-state index is 13.4. The minimum absolute atomic E-state index is 0.233. The predicted molar refractivity (Wildman–Crippen MR) is 104 cm³/mol. The van der Waals surface area contributed by atoms with Crippen LogP contribution in [0.2, 0.25) is 0 Å². The van der Waals surface area contributed by atoms with Crippen molar-refractivity contribution >= 4 is 17.9 Å². The number of nitrogens with zero attached hydrogens (tertiary/aromatic N) is 2. The van der Waals surface area contributed by atoms with E-state index in [0.717, 1.165) is 4.90 Å². The van der Waals surface area contributed by atoms with Gasteiger partial charge in [0.15, 0.2) is 12.3 Å². The number of benzene rings is 2. The molecule has 1 aromatic heterocycles. The molecular formula is C22H17N3O4. The lowest BCUT2D eigenvalue weighted by Gasteiger charge is -2.27. The number of esters is 1. The van der Waals surface area contributed by atoms with Gasteiger partial charge in [-0.15, -0.1) is 0 Å². The zero-order chi connectivity index (χ0) is 20.3. The first-order valence-electron chi connectivity index (χ1n) is 8.95. The molecule has 1 saturated heterocycles. The molecule has 0 radical (unpaired) electrons. The molecular weight excluding hydrogens is 370 g/mol. The number of urea groups is 1. The van der Waals surface area contributed by atoms with Crippen LogP contribution in [0, 0.1) is 0 Å². The van der Waals surface area contributed by atoms with Gasteiger partial charge in [-0.3, -0.25) is 9.78 Å². The van der Waals surface area contributed by atoms with Crippen molar-refractivity contribution in [2.45, 2.75) is 5.54 Å². The highest BCUT2D eigenvalue weighted by Crippen LogP contribution is 2.35. The van der Waals surface area contributed by atoms with Gasteiger partial charge in [-0.25, -0.2) is 14.5 Å². The van der Waals surface area contributed by atoms with Crippen LogP contribution in [0.3, 0.4) is 0 Å². The third kappa shape index (κ3) is 3.23. The van der Waals surface area contributed by atoms with Gasteiger partial charge in [-0.1, -0.05) is 60.7 Å². The fraction of sp³-hybridized carbons (Fsp3) is 0.0909. The number of amides is 3. The normalized spacial score (nSPS) is 15.1. The number of hydrogen-bond acceptors (Lipinski definition) is 5. The fourth-order valence-electron chi connectivity index (χ4n) is 3.32. The number of pyridine rings is 1. The second-order valence-electron chi connectivity index (χ2n) is 6.45. The molecule has 1 fully saturated rings. The lowest BCUT2D eigenvalue weighted by molar-refractivity contribution is -0.132. The largest absolute Gasteiger partial charge is 0.440 e. The number of aromatic nitrogens is 1. The molecule has 3 aromatic rings. The van der Waals surface area contributed by atoms with Gasteiger partial charge in [0.25, 0.3) is 5.91 Å². The van der Waals surface area contributed by atoms with Gasteiger partial charge in [-0.2, -0.15) is 0 Å². The van der Waals surface area contributed by atoms with E-state index in [1.807, 2.05) is 12.1 Å². The maximum Gasteiger partial charge on any atom is 0.341 e. The Morgan fingerprint density at radius 2 is 1.55 bits per heavy atom. The highest BCUT2D eigenvalue weighted by molar-refractivity contribution is 6.09. The summed E-state index contributed by atoms with van der Waals surface area (Å²) in [6.07, 6.45) is 2.88. The van der Waals surface area contributed by atoms with Gasteiger partial charge < -0.3 is 10.1 Å². The Morgan fingerprint density at radius 1 is 0.931 bits per heavy atom. The summed E-state index contributed by atoms with van der Waals surface area (Å²) < 4.78 is 5.18. The van der Waals surface area contributed by atoms with Crippen LogP contribution in [-0.4, -0.2) is 34.5 Å². The zero-order valence-electron chi connectivity index (χ0n) is 15.3. The van der Waals surface area contributed by atoms with E-state index in [-0.39, 0.29) is 5.56 Å². The van der Waals surface area contributed by atoms with Crippen molar-refractivity contribution in [3.8, 4) is 0 Å². The molecule has 0 aliphatic carbocycles. The molecule has 2 heterocycles. The molecule has 0 unspecified atom stereocenters. The van der Waals surface area contributed by atoms with Gasteiger partial charge in [0, 0.05) is 12.4 Å². The van der Waals surface area contributed by atoms with Crippen molar-refractivity contribution in [1.29, 1.82) is 0 Å². The summed E-state index contributed by atoms with van der Waals surface area (Å²) in [5.74, 6) is -1.19. The minimum atomic E-state index is -1.39. The van der Waals surface area contributed by atoms with Gasteiger partial charge in [0.1, 0.15) is 0 Å². The van der Waals surface area contributed by atoms with Crippen molar-refractivity contribution in [2.24, 2.45) is 0 Å². The summed E-state index contributed by atoms with van der Waals surface area (Å²) >= 11 is 0. The summed E-state index contributed by atoms with van der Waals surface area (Å²) in [6.45, 7) is -0.500. The van der Waals surface area contributed by atoms with Crippen molar-refractivity contribution in [1.82, 2.24) is 15.2 Å². The molecule has 0 saturated carbocycles. The highest BCUT2D eigenvalue weighted by Gasteiger charge is 2.54. The van der Waals surface area contributed by atoms with Crippen molar-refractivity contribution in [3.63, 3.8) is 0 Å². The Morgan fingerprint density at radius 3 is 2.10 bits per heavy atom. The van der Waals surface area contributed by atoms with E-state index in [1.54, 1.807) is 60.7 Å². The SMILES string of the molecule is O=C(OCN1C(=O)NC(c2ccccc2)(c2ccccc2)C1=O)c1cccnc1. The van der Waals surface area contributed by atoms with E-state index in [4.69, 9.17) is 4.74 Å². The molecule has 1 aliphatic heterocycles. The summed E-state index contributed by atoms with van der Waals surface area (Å²) in [5.41, 5.74) is 0.0774. The lowest BCUT2D eigenvalue weighted by atomic mass is 9.83. The fourth-order valence-corrected chi connectivity index (χ4v) is 3.32. The van der Waals surface area contributed by atoms with Gasteiger partial charge in [0.05, 0.1) is 5.56 Å². The molecule has 0 atom stereocenters. The highest BCUT2D eigenvalue weighted by atomic mass is 16.5. The number of hydrogen-bond donors (Lipinski definition) is 1. The third-order valence-corrected chi connectivity index (χ3v) is 4.74. The van der Waals surface area contributed by atoms with Crippen LogP contribution in [0.15, 0.2) is 85.2 Å². The van der Waals surface area contributed by atoms with Crippen LogP contribution in [0.5, 0.6) is 0 Å². The van der Waals surface area contributed by atoms with Gasteiger partial charge in [0.2, 0.25) is 0 Å². The molecule has 144 valence electrons. The molecule has 4 rings (SSSR count). The molecule has 1 aliphatic rings. The smallest absolute Gasteiger partial charge is 0.341 e. The molecule has 29 heavy (non-hydrogen) atoms. The monoisotopic (exact) mass is 387 g/mol. The quantitative estimate of drug-likeness (QED) is 0.537. The number of nitrogens with one attached hydrogen (secondary N) is 1. The van der Waals surface area contributed by atoms with Crippen LogP contribution in [0.4, 0.5) is 4.79 Å². The predicted octanol–water partition coefficient (Wildman–Crippen LogP) is 2.69. The molecule has 0 bridgehead atoms. The molecule has 3 amide bonds. The Kier molecular flexibility index (Phi) is 4.78. The van der Waals surface area contributed by atoms with Crippen LogP contribution < -0.4 is 5.32 Å². The second kappa shape index (κ2) is 7.55. The molecule has 7 nitrogen and oxygen atoms in total. The minimum Gasteiger partial charge on any atom is -0.440 e. The summed E-state index contributed by atoms with van der Waals surface area (Å²) in [6, 6.07) is 20.4. The summed E-state index contributed by atoms with van der Waals surface area (Å²) in [5, 5.41) is 2.80. The van der Waals surface area contributed by atoms with Crippen LogP contribution >= 0.6 is 0 Å². The zero-order valence-corrected chi connectivity index (χ0v) is 15.3. The third-order valence-electron chi connectivity index (χ3n) is 4.74. The van der Waals surface area contributed by atoms with Crippen molar-refractivity contribution in [3.05, 3.63) is 102 Å². The molecule has 0 spiro atoms. The van der Waals surface area contributed by atoms with E-state index in [0.29, 0.717) is 11.1 Å². The van der Waals surface area contributed by atoms with Crippen LogP contribution in [0.25, 0.3) is 0 Å². The van der Waals surface area contributed by atoms with Crippen molar-refractivity contribution in [2.75, 3.05) is 6.73 Å². The van der Waals surface area contributed by atoms with Gasteiger partial charge >= 0.3 is 12.0 Å². The molecule has 1 N–H and O–H groups in total. The van der Waals surface area contributed by atoms with Gasteiger partial charge in [-0.05, 0) is 23.3 Å². The van der Waals surface area contributed by atoms with E-state index in [2.05, 4.69) is 10.3 Å². The number of imide groups is 1. The second-order valence-corrected chi connectivity index (χ2v) is 6.45. The Hall–Kier alpha value is -4.00. The average Bonchev–Trinajstić information content (AvgIpc) is 3.04. The summed E-state index contributed by atoms with van der Waals surface area (Å²) in [4.78, 5) is 43.1. The molecule has 2 aromatic carbocycles. The molecule has 7 heteroatoms. The Bertz CT molecular complexity index is 1000. The van der Waals surface area contributed by atoms with Crippen LogP contribution in [-0.2, 0) is 15.1 Å². The standard InChI is InChI=1S/C22H17N3O4/c26-19(16-8-7-13-23-14-16)29-15-25-20(27)22(24-21(25)28,17-9-3-1-4-10-17)18-11-5-2-6-12-18/h1-14H,15H2,(H,24,28). The van der Waals surface area contributed by atoms with Crippen LogP contribution in [0.1, 0.15) is 21.5 Å². The topological polar surface area (TPSA) is 88.6 Å². The first-order valence-corrected chi connectivity index (χ1v) is 8.95. The number of carbonyl (C=O) groups is 3. The first-order chi connectivity index (χ1) is 14.1. The van der Waals surface area contributed by atoms with E-state index >= 15 is 0 Å². The lowest BCUT2D eigenvalue weighted by Crippen LogP contribution is -2.45. The van der Waals surface area contributed by atoms with E-state index < -0.39 is 30.2 Å². The maximum absolute atomic E-state index is 13.4. The summed E-state index contributed by atoms with van der Waals surface area (Å²) in [7, 11) is 0. The average molecular weight is 387 g/mol. The first kappa shape index (κ1) is 18.4.